The highest BCUT2D eigenvalue weighted by molar-refractivity contribution is 7.16. The third-order valence-corrected chi connectivity index (χ3v) is 8.07. The van der Waals surface area contributed by atoms with E-state index >= 15 is 0 Å². The number of hydrogen-bond acceptors (Lipinski definition) is 8. The lowest BCUT2D eigenvalue weighted by atomic mass is 10.1. The first-order valence-corrected chi connectivity index (χ1v) is 14.1. The predicted octanol–water partition coefficient (Wildman–Crippen LogP) is 5.41. The molecule has 1 saturated heterocycles. The van der Waals surface area contributed by atoms with Gasteiger partial charge in [0.25, 0.3) is 0 Å². The molecule has 2 heterocycles. The molecule has 2 aromatic carbocycles. The number of aromatic nitrogens is 1. The van der Waals surface area contributed by atoms with Crippen LogP contribution >= 0.6 is 11.3 Å². The van der Waals surface area contributed by atoms with Crippen molar-refractivity contribution in [3.8, 4) is 22.8 Å². The van der Waals surface area contributed by atoms with E-state index in [1.807, 2.05) is 23.5 Å². The number of likely N-dealkylation sites (N-methyl/N-ethyl adjacent to an activating group) is 1. The average Bonchev–Trinajstić information content (AvgIpc) is 3.39. The number of benzene rings is 2. The van der Waals surface area contributed by atoms with Gasteiger partial charge in [0, 0.05) is 42.2 Å². The molecule has 204 valence electrons. The van der Waals surface area contributed by atoms with E-state index < -0.39 is 0 Å². The lowest BCUT2D eigenvalue weighted by Crippen LogP contribution is -2.44. The van der Waals surface area contributed by atoms with E-state index in [1.165, 1.54) is 4.88 Å². The summed E-state index contributed by atoms with van der Waals surface area (Å²) in [6.45, 7) is 10.0. The molecule has 3 aromatic rings. The first kappa shape index (κ1) is 27.7. The predicted molar refractivity (Wildman–Crippen MR) is 155 cm³/mol. The molecule has 0 spiro atoms. The number of amidine groups is 1. The number of thiazole rings is 1. The molecule has 3 N–H and O–H groups in total. The van der Waals surface area contributed by atoms with Crippen LogP contribution in [0.1, 0.15) is 49.5 Å². The van der Waals surface area contributed by atoms with E-state index in [0.717, 1.165) is 73.3 Å². The van der Waals surface area contributed by atoms with Gasteiger partial charge in [0.2, 0.25) is 0 Å². The second-order valence-electron chi connectivity index (χ2n) is 9.95. The molecule has 1 aromatic heterocycles. The normalized spacial score (nSPS) is 14.7. The van der Waals surface area contributed by atoms with E-state index in [-0.39, 0.29) is 5.84 Å². The van der Waals surface area contributed by atoms with Crippen LogP contribution in [0.15, 0.2) is 53.7 Å². The molecule has 0 atom stereocenters. The van der Waals surface area contributed by atoms with Gasteiger partial charge in [-0.2, -0.15) is 0 Å². The third kappa shape index (κ3) is 7.39. The van der Waals surface area contributed by atoms with E-state index in [9.17, 15) is 0 Å². The zero-order valence-corrected chi connectivity index (χ0v) is 23.4. The number of hydrogen-bond donors (Lipinski definition) is 2. The lowest BCUT2D eigenvalue weighted by molar-refractivity contribution is 0.279. The van der Waals surface area contributed by atoms with Gasteiger partial charge in [-0.05, 0) is 80.8 Å². The highest BCUT2D eigenvalue weighted by atomic mass is 32.1. The van der Waals surface area contributed by atoms with Crippen LogP contribution < -0.4 is 20.1 Å². The standard InChI is InChI=1S/C29H39N5O3S/c1-21(2)27-26(31-29(38-27)34-17-15-33(3)16-18-34)22-7-11-24(12-8-22)36-19-5-4-6-20-37-25-13-9-23(10-14-25)28(30)32-35/h7-14,21,35H,4-6,15-20H2,1-3H3,(H2,30,32). The first-order valence-electron chi connectivity index (χ1n) is 13.3. The molecule has 38 heavy (non-hydrogen) atoms. The fraction of sp³-hybridized carbons (Fsp3) is 0.448. The maximum Gasteiger partial charge on any atom is 0.186 e. The molecule has 1 fully saturated rings. The molecule has 0 amide bonds. The summed E-state index contributed by atoms with van der Waals surface area (Å²) in [7, 11) is 2.18. The number of anilines is 1. The van der Waals surface area contributed by atoms with Crippen LogP contribution in [-0.2, 0) is 0 Å². The fourth-order valence-electron chi connectivity index (χ4n) is 4.30. The summed E-state index contributed by atoms with van der Waals surface area (Å²) in [5.74, 6) is 2.18. The Kier molecular flexibility index (Phi) is 9.84. The van der Waals surface area contributed by atoms with E-state index in [0.29, 0.717) is 24.7 Å². The molecule has 0 bridgehead atoms. The summed E-state index contributed by atoms with van der Waals surface area (Å²) in [5, 5.41) is 12.9. The van der Waals surface area contributed by atoms with Gasteiger partial charge in [0.05, 0.1) is 18.9 Å². The summed E-state index contributed by atoms with van der Waals surface area (Å²) in [4.78, 5) is 11.2. The molecule has 8 nitrogen and oxygen atoms in total. The van der Waals surface area contributed by atoms with Gasteiger partial charge in [0.15, 0.2) is 11.0 Å². The van der Waals surface area contributed by atoms with Gasteiger partial charge in [0.1, 0.15) is 11.5 Å². The minimum atomic E-state index is 0.0879. The van der Waals surface area contributed by atoms with Crippen molar-refractivity contribution in [1.29, 1.82) is 0 Å². The molecule has 0 saturated carbocycles. The average molecular weight is 538 g/mol. The van der Waals surface area contributed by atoms with Gasteiger partial charge < -0.3 is 30.2 Å². The Balaban J connectivity index is 1.21. The van der Waals surface area contributed by atoms with Crippen LogP contribution in [-0.4, -0.2) is 67.4 Å². The minimum Gasteiger partial charge on any atom is -0.494 e. The molecule has 0 unspecified atom stereocenters. The molecular formula is C29H39N5O3S. The van der Waals surface area contributed by atoms with Gasteiger partial charge in [-0.25, -0.2) is 4.98 Å². The Hall–Kier alpha value is -3.30. The largest absolute Gasteiger partial charge is 0.494 e. The highest BCUT2D eigenvalue weighted by Gasteiger charge is 2.22. The minimum absolute atomic E-state index is 0.0879. The summed E-state index contributed by atoms with van der Waals surface area (Å²) >= 11 is 1.83. The highest BCUT2D eigenvalue weighted by Crippen LogP contribution is 2.38. The number of piperazine rings is 1. The summed E-state index contributed by atoms with van der Waals surface area (Å²) < 4.78 is 11.8. The Bertz CT molecular complexity index is 1170. The van der Waals surface area contributed by atoms with Gasteiger partial charge in [-0.3, -0.25) is 0 Å². The van der Waals surface area contributed by atoms with Gasteiger partial charge in [-0.1, -0.05) is 19.0 Å². The summed E-state index contributed by atoms with van der Waals surface area (Å²) in [6.07, 6.45) is 2.93. The topological polar surface area (TPSA) is 96.4 Å². The van der Waals surface area contributed by atoms with Crippen molar-refractivity contribution in [1.82, 2.24) is 9.88 Å². The zero-order chi connectivity index (χ0) is 26.9. The van der Waals surface area contributed by atoms with Crippen molar-refractivity contribution in [3.05, 3.63) is 59.0 Å². The second kappa shape index (κ2) is 13.5. The Morgan fingerprint density at radius 3 is 2.08 bits per heavy atom. The number of ether oxygens (including phenoxy) is 2. The molecule has 4 rings (SSSR count). The molecule has 0 radical (unpaired) electrons. The Morgan fingerprint density at radius 2 is 1.53 bits per heavy atom. The van der Waals surface area contributed by atoms with Crippen LogP contribution in [0.3, 0.4) is 0 Å². The van der Waals surface area contributed by atoms with Crippen molar-refractivity contribution in [2.45, 2.75) is 39.0 Å². The fourth-order valence-corrected chi connectivity index (χ4v) is 5.44. The van der Waals surface area contributed by atoms with E-state index in [1.54, 1.807) is 12.1 Å². The number of nitrogens with two attached hydrogens (primary N) is 1. The number of rotatable bonds is 12. The summed E-state index contributed by atoms with van der Waals surface area (Å²) in [5.41, 5.74) is 8.49. The van der Waals surface area contributed by atoms with Crippen LogP contribution in [0, 0.1) is 0 Å². The monoisotopic (exact) mass is 537 g/mol. The van der Waals surface area contributed by atoms with Crippen LogP contribution in [0.5, 0.6) is 11.5 Å². The first-order chi connectivity index (χ1) is 18.4. The smallest absolute Gasteiger partial charge is 0.186 e. The zero-order valence-electron chi connectivity index (χ0n) is 22.6. The van der Waals surface area contributed by atoms with Crippen LogP contribution in [0.25, 0.3) is 11.3 Å². The maximum atomic E-state index is 8.73. The maximum absolute atomic E-state index is 8.73. The quantitative estimate of drug-likeness (QED) is 0.105. The molecular weight excluding hydrogens is 498 g/mol. The van der Waals surface area contributed by atoms with Gasteiger partial charge in [-0.15, -0.1) is 11.3 Å². The van der Waals surface area contributed by atoms with E-state index in [2.05, 4.69) is 60.1 Å². The van der Waals surface area contributed by atoms with Crippen molar-refractivity contribution < 1.29 is 14.7 Å². The lowest BCUT2D eigenvalue weighted by Gasteiger charge is -2.32. The molecule has 1 aliphatic heterocycles. The van der Waals surface area contributed by atoms with Crippen molar-refractivity contribution in [3.63, 3.8) is 0 Å². The number of unbranched alkanes of at least 4 members (excludes halogenated alkanes) is 2. The van der Waals surface area contributed by atoms with E-state index in [4.69, 9.17) is 25.4 Å². The van der Waals surface area contributed by atoms with Crippen molar-refractivity contribution >= 4 is 22.3 Å². The molecule has 0 aliphatic carbocycles. The third-order valence-electron chi connectivity index (χ3n) is 6.65. The number of nitrogens with zero attached hydrogens (tertiary/aromatic N) is 4. The van der Waals surface area contributed by atoms with Crippen molar-refractivity contribution in [2.24, 2.45) is 10.9 Å². The Morgan fingerprint density at radius 1 is 0.947 bits per heavy atom. The second-order valence-corrected chi connectivity index (χ2v) is 11.0. The number of oxime groups is 1. The van der Waals surface area contributed by atoms with Crippen LogP contribution in [0.2, 0.25) is 0 Å². The van der Waals surface area contributed by atoms with Crippen molar-refractivity contribution in [2.75, 3.05) is 51.3 Å². The molecule has 1 aliphatic rings. The Labute approximate surface area is 229 Å². The van der Waals surface area contributed by atoms with Crippen LogP contribution in [0.4, 0.5) is 5.13 Å². The molecule has 9 heteroatoms. The van der Waals surface area contributed by atoms with Gasteiger partial charge >= 0.3 is 0 Å². The SMILES string of the molecule is CC(C)c1sc(N2CCN(C)CC2)nc1-c1ccc(OCCCCCOc2ccc(/C(N)=N/O)cc2)cc1. The summed E-state index contributed by atoms with van der Waals surface area (Å²) in [6, 6.07) is 15.5.